The molecule has 17 heavy (non-hydrogen) atoms. The van der Waals surface area contributed by atoms with Crippen LogP contribution in [0.15, 0.2) is 24.3 Å². The number of carboxylic acids is 1. The molecule has 90 valence electrons. The molecular formula is C13H14O4. The number of aromatic hydroxyl groups is 1. The summed E-state index contributed by atoms with van der Waals surface area (Å²) in [6.07, 6.45) is 1.65. The fourth-order valence-electron chi connectivity index (χ4n) is 3.11. The van der Waals surface area contributed by atoms with E-state index in [1.807, 2.05) is 0 Å². The number of carbonyl (C=O) groups is 1. The summed E-state index contributed by atoms with van der Waals surface area (Å²) in [4.78, 5) is 11.3. The molecule has 0 spiro atoms. The van der Waals surface area contributed by atoms with Gasteiger partial charge in [-0.3, -0.25) is 4.79 Å². The molecule has 0 saturated carbocycles. The second-order valence-electron chi connectivity index (χ2n) is 4.77. The van der Waals surface area contributed by atoms with Crippen molar-refractivity contribution in [3.63, 3.8) is 0 Å². The number of fused-ring (bicyclic) bond motifs is 2. The Morgan fingerprint density at radius 1 is 1.18 bits per heavy atom. The zero-order chi connectivity index (χ0) is 12.0. The minimum atomic E-state index is -0.782. The smallest absolute Gasteiger partial charge is 0.309 e. The summed E-state index contributed by atoms with van der Waals surface area (Å²) in [6, 6.07) is 6.78. The van der Waals surface area contributed by atoms with E-state index >= 15 is 0 Å². The zero-order valence-electron chi connectivity index (χ0n) is 9.24. The van der Waals surface area contributed by atoms with Crippen LogP contribution in [-0.2, 0) is 9.53 Å². The average molecular weight is 234 g/mol. The van der Waals surface area contributed by atoms with Crippen LogP contribution in [-0.4, -0.2) is 28.4 Å². The van der Waals surface area contributed by atoms with Gasteiger partial charge in [0, 0.05) is 5.92 Å². The normalized spacial score (nSPS) is 35.1. The summed E-state index contributed by atoms with van der Waals surface area (Å²) >= 11 is 0. The van der Waals surface area contributed by atoms with Crippen LogP contribution in [0.5, 0.6) is 5.75 Å². The van der Waals surface area contributed by atoms with Crippen LogP contribution in [0.2, 0.25) is 0 Å². The van der Waals surface area contributed by atoms with Gasteiger partial charge in [-0.05, 0) is 30.5 Å². The third-order valence-electron chi connectivity index (χ3n) is 3.84. The summed E-state index contributed by atoms with van der Waals surface area (Å²) in [5.41, 5.74) is 0.947. The maximum atomic E-state index is 11.3. The van der Waals surface area contributed by atoms with E-state index in [1.165, 1.54) is 0 Å². The number of carboxylic acid groups (broad SMARTS) is 1. The van der Waals surface area contributed by atoms with E-state index in [9.17, 15) is 15.0 Å². The van der Waals surface area contributed by atoms with Crippen molar-refractivity contribution in [2.75, 3.05) is 0 Å². The molecule has 3 rings (SSSR count). The molecule has 2 saturated heterocycles. The van der Waals surface area contributed by atoms with E-state index in [1.54, 1.807) is 24.3 Å². The van der Waals surface area contributed by atoms with Crippen LogP contribution in [0.3, 0.4) is 0 Å². The largest absolute Gasteiger partial charge is 0.508 e. The molecule has 0 aliphatic carbocycles. The van der Waals surface area contributed by atoms with E-state index in [-0.39, 0.29) is 23.9 Å². The Morgan fingerprint density at radius 2 is 1.82 bits per heavy atom. The SMILES string of the molecule is O=C(O)C1C2CCC(O2)C1c1ccc(O)cc1. The molecule has 4 nitrogen and oxygen atoms in total. The topological polar surface area (TPSA) is 66.8 Å². The Hall–Kier alpha value is -1.55. The number of phenolic OH excluding ortho intramolecular Hbond substituents is 1. The highest BCUT2D eigenvalue weighted by atomic mass is 16.5. The van der Waals surface area contributed by atoms with Gasteiger partial charge in [0.05, 0.1) is 18.1 Å². The Kier molecular flexibility index (Phi) is 2.33. The summed E-state index contributed by atoms with van der Waals surface area (Å²) in [6.45, 7) is 0. The average Bonchev–Trinajstić information content (AvgIpc) is 2.89. The molecule has 0 amide bonds. The van der Waals surface area contributed by atoms with Crippen molar-refractivity contribution in [1.82, 2.24) is 0 Å². The lowest BCUT2D eigenvalue weighted by Crippen LogP contribution is -2.31. The lowest BCUT2D eigenvalue weighted by Gasteiger charge is -2.25. The molecule has 1 aromatic carbocycles. The maximum absolute atomic E-state index is 11.3. The van der Waals surface area contributed by atoms with Gasteiger partial charge in [-0.15, -0.1) is 0 Å². The van der Waals surface area contributed by atoms with E-state index in [0.717, 1.165) is 18.4 Å². The molecule has 2 heterocycles. The molecular weight excluding hydrogens is 220 g/mol. The lowest BCUT2D eigenvalue weighted by molar-refractivity contribution is -0.143. The standard InChI is InChI=1S/C13H14O4/c14-8-3-1-7(2-4-8)11-9-5-6-10(17-9)12(11)13(15)16/h1-4,9-12,14H,5-6H2,(H,15,16). The Bertz CT molecular complexity index is 439. The van der Waals surface area contributed by atoms with Gasteiger partial charge in [0.25, 0.3) is 0 Å². The molecule has 4 unspecified atom stereocenters. The third kappa shape index (κ3) is 1.60. The maximum Gasteiger partial charge on any atom is 0.309 e. The molecule has 4 heteroatoms. The minimum absolute atomic E-state index is 0.0191. The molecule has 1 aromatic rings. The van der Waals surface area contributed by atoms with Gasteiger partial charge >= 0.3 is 5.97 Å². The number of benzene rings is 1. The molecule has 0 aromatic heterocycles. The highest BCUT2D eigenvalue weighted by molar-refractivity contribution is 5.73. The van der Waals surface area contributed by atoms with Crippen LogP contribution < -0.4 is 0 Å². The van der Waals surface area contributed by atoms with Crippen molar-refractivity contribution in [2.45, 2.75) is 31.0 Å². The fraction of sp³-hybridized carbons (Fsp3) is 0.462. The fourth-order valence-corrected chi connectivity index (χ4v) is 3.11. The van der Waals surface area contributed by atoms with Crippen LogP contribution in [0.25, 0.3) is 0 Å². The number of hydrogen-bond donors (Lipinski definition) is 2. The molecule has 2 aliphatic rings. The number of aliphatic carboxylic acids is 1. The number of phenols is 1. The highest BCUT2D eigenvalue weighted by Crippen LogP contribution is 2.48. The first-order chi connectivity index (χ1) is 8.16. The van der Waals surface area contributed by atoms with E-state index in [4.69, 9.17) is 4.74 Å². The monoisotopic (exact) mass is 234 g/mol. The predicted molar refractivity (Wildman–Crippen MR) is 59.9 cm³/mol. The van der Waals surface area contributed by atoms with Crippen LogP contribution >= 0.6 is 0 Å². The van der Waals surface area contributed by atoms with E-state index in [0.29, 0.717) is 0 Å². The molecule has 2 aliphatic heterocycles. The molecule has 2 fully saturated rings. The van der Waals surface area contributed by atoms with E-state index in [2.05, 4.69) is 0 Å². The summed E-state index contributed by atoms with van der Waals surface area (Å²) in [7, 11) is 0. The van der Waals surface area contributed by atoms with Crippen LogP contribution in [0.1, 0.15) is 24.3 Å². The van der Waals surface area contributed by atoms with Crippen LogP contribution in [0.4, 0.5) is 0 Å². The van der Waals surface area contributed by atoms with Gasteiger partial charge in [0.1, 0.15) is 5.75 Å². The van der Waals surface area contributed by atoms with Crippen molar-refractivity contribution in [1.29, 1.82) is 0 Å². The van der Waals surface area contributed by atoms with Gasteiger partial charge in [0.2, 0.25) is 0 Å². The number of rotatable bonds is 2. The first-order valence-corrected chi connectivity index (χ1v) is 5.84. The van der Waals surface area contributed by atoms with Crippen LogP contribution in [0, 0.1) is 5.92 Å². The van der Waals surface area contributed by atoms with Crippen molar-refractivity contribution < 1.29 is 19.7 Å². The van der Waals surface area contributed by atoms with Crippen molar-refractivity contribution in [3.8, 4) is 5.75 Å². The second kappa shape index (κ2) is 3.74. The lowest BCUT2D eigenvalue weighted by atomic mass is 9.75. The van der Waals surface area contributed by atoms with E-state index < -0.39 is 11.9 Å². The van der Waals surface area contributed by atoms with Crippen molar-refractivity contribution in [2.24, 2.45) is 5.92 Å². The molecule has 2 N–H and O–H groups in total. The summed E-state index contributed by atoms with van der Waals surface area (Å²) in [5.74, 6) is -1.11. The Balaban J connectivity index is 1.95. The molecule has 0 radical (unpaired) electrons. The van der Waals surface area contributed by atoms with Gasteiger partial charge in [-0.1, -0.05) is 12.1 Å². The van der Waals surface area contributed by atoms with Crippen molar-refractivity contribution in [3.05, 3.63) is 29.8 Å². The first kappa shape index (κ1) is 10.6. The van der Waals surface area contributed by atoms with Gasteiger partial charge in [-0.2, -0.15) is 0 Å². The quantitative estimate of drug-likeness (QED) is 0.818. The van der Waals surface area contributed by atoms with Crippen molar-refractivity contribution >= 4 is 5.97 Å². The van der Waals surface area contributed by atoms with Gasteiger partial charge in [-0.25, -0.2) is 0 Å². The van der Waals surface area contributed by atoms with Gasteiger partial charge in [0.15, 0.2) is 0 Å². The summed E-state index contributed by atoms with van der Waals surface area (Å²) < 4.78 is 5.70. The predicted octanol–water partition coefficient (Wildman–Crippen LogP) is 1.74. The highest BCUT2D eigenvalue weighted by Gasteiger charge is 2.52. The first-order valence-electron chi connectivity index (χ1n) is 5.84. The Labute approximate surface area is 98.8 Å². The zero-order valence-corrected chi connectivity index (χ0v) is 9.24. The number of hydrogen-bond acceptors (Lipinski definition) is 3. The minimum Gasteiger partial charge on any atom is -0.508 e. The Morgan fingerprint density at radius 3 is 2.47 bits per heavy atom. The second-order valence-corrected chi connectivity index (χ2v) is 4.77. The number of ether oxygens (including phenoxy) is 1. The third-order valence-corrected chi connectivity index (χ3v) is 3.84. The van der Waals surface area contributed by atoms with Gasteiger partial charge < -0.3 is 14.9 Å². The molecule has 2 bridgehead atoms. The summed E-state index contributed by atoms with van der Waals surface area (Å²) in [5, 5.41) is 18.6. The molecule has 4 atom stereocenters.